The van der Waals surface area contributed by atoms with Crippen LogP contribution in [0.4, 0.5) is 0 Å². The first-order valence-electron chi connectivity index (χ1n) is 10.1. The lowest BCUT2D eigenvalue weighted by Gasteiger charge is -2.24. The number of carbonyl (C=O) groups is 1. The van der Waals surface area contributed by atoms with Crippen LogP contribution < -0.4 is 5.56 Å². The summed E-state index contributed by atoms with van der Waals surface area (Å²) in [4.78, 5) is 36.6. The molecule has 0 aliphatic rings. The van der Waals surface area contributed by atoms with Crippen LogP contribution in [-0.4, -0.2) is 30.6 Å². The van der Waals surface area contributed by atoms with Crippen molar-refractivity contribution in [2.75, 3.05) is 0 Å². The van der Waals surface area contributed by atoms with Crippen molar-refractivity contribution in [2.24, 2.45) is 0 Å². The standard InChI is InChI=1S/C24H23N5O2/c1-17(2)29-23(30)21-8-4-3-7-20(21)22(27-29)24(31)28(15-18-9-12-25-13-10-18)16-19-6-5-11-26-14-19/h3-14,17H,15-16H2,1-2H3. The normalized spacial score (nSPS) is 11.1. The second-order valence-corrected chi connectivity index (χ2v) is 7.62. The third kappa shape index (κ3) is 4.35. The van der Waals surface area contributed by atoms with Crippen LogP contribution in [0.25, 0.3) is 10.8 Å². The average Bonchev–Trinajstić information content (AvgIpc) is 2.80. The Hall–Kier alpha value is -3.87. The molecular formula is C24H23N5O2. The van der Waals surface area contributed by atoms with Crippen LogP contribution in [0.15, 0.2) is 78.1 Å². The van der Waals surface area contributed by atoms with Gasteiger partial charge in [-0.05, 0) is 49.2 Å². The summed E-state index contributed by atoms with van der Waals surface area (Å²) in [5.41, 5.74) is 1.93. The molecule has 0 aliphatic carbocycles. The fourth-order valence-electron chi connectivity index (χ4n) is 3.48. The summed E-state index contributed by atoms with van der Waals surface area (Å²) < 4.78 is 1.38. The number of pyridine rings is 2. The molecule has 31 heavy (non-hydrogen) atoms. The first-order chi connectivity index (χ1) is 15.0. The van der Waals surface area contributed by atoms with Crippen LogP contribution in [0, 0.1) is 0 Å². The van der Waals surface area contributed by atoms with Crippen molar-refractivity contribution in [3.8, 4) is 0 Å². The number of carbonyl (C=O) groups excluding carboxylic acids is 1. The fourth-order valence-corrected chi connectivity index (χ4v) is 3.48. The van der Waals surface area contributed by atoms with E-state index < -0.39 is 0 Å². The van der Waals surface area contributed by atoms with Gasteiger partial charge in [0.15, 0.2) is 5.69 Å². The predicted octanol–water partition coefficient (Wildman–Crippen LogP) is 3.61. The summed E-state index contributed by atoms with van der Waals surface area (Å²) in [5.74, 6) is -0.244. The Balaban J connectivity index is 1.82. The molecule has 3 heterocycles. The summed E-state index contributed by atoms with van der Waals surface area (Å²) in [7, 11) is 0. The molecular weight excluding hydrogens is 390 g/mol. The van der Waals surface area contributed by atoms with Crippen molar-refractivity contribution in [1.82, 2.24) is 24.6 Å². The summed E-state index contributed by atoms with van der Waals surface area (Å²) in [6, 6.07) is 14.5. The van der Waals surface area contributed by atoms with Gasteiger partial charge < -0.3 is 4.90 Å². The van der Waals surface area contributed by atoms with E-state index in [9.17, 15) is 9.59 Å². The minimum atomic E-state index is -0.244. The van der Waals surface area contributed by atoms with E-state index in [1.165, 1.54) is 4.68 Å². The Labute approximate surface area is 180 Å². The maximum atomic E-state index is 13.8. The summed E-state index contributed by atoms with van der Waals surface area (Å²) in [6.07, 6.45) is 6.85. The zero-order chi connectivity index (χ0) is 21.8. The molecule has 7 heteroatoms. The molecule has 0 unspecified atom stereocenters. The lowest BCUT2D eigenvalue weighted by molar-refractivity contribution is 0.0723. The minimum absolute atomic E-state index is 0.171. The lowest BCUT2D eigenvalue weighted by Crippen LogP contribution is -2.34. The summed E-state index contributed by atoms with van der Waals surface area (Å²) >= 11 is 0. The van der Waals surface area contributed by atoms with Gasteiger partial charge in [-0.2, -0.15) is 5.10 Å². The van der Waals surface area contributed by atoms with Gasteiger partial charge in [-0.25, -0.2) is 4.68 Å². The SMILES string of the molecule is CC(C)n1nc(C(=O)N(Cc2ccncc2)Cc2cccnc2)c2ccccc2c1=O. The molecule has 0 spiro atoms. The van der Waals surface area contributed by atoms with Crippen molar-refractivity contribution in [1.29, 1.82) is 0 Å². The van der Waals surface area contributed by atoms with Gasteiger partial charge in [0.2, 0.25) is 0 Å². The highest BCUT2D eigenvalue weighted by atomic mass is 16.2. The van der Waals surface area contributed by atoms with Gasteiger partial charge in [0.25, 0.3) is 11.5 Å². The van der Waals surface area contributed by atoms with E-state index in [0.717, 1.165) is 11.1 Å². The molecule has 0 N–H and O–H groups in total. The van der Waals surface area contributed by atoms with Gasteiger partial charge >= 0.3 is 0 Å². The predicted molar refractivity (Wildman–Crippen MR) is 118 cm³/mol. The van der Waals surface area contributed by atoms with Crippen LogP contribution >= 0.6 is 0 Å². The molecule has 0 aliphatic heterocycles. The zero-order valence-electron chi connectivity index (χ0n) is 17.5. The van der Waals surface area contributed by atoms with Crippen molar-refractivity contribution in [3.63, 3.8) is 0 Å². The first kappa shape index (κ1) is 20.4. The third-order valence-corrected chi connectivity index (χ3v) is 5.03. The monoisotopic (exact) mass is 413 g/mol. The molecule has 4 rings (SSSR count). The molecule has 3 aromatic heterocycles. The Morgan fingerprint density at radius 3 is 2.29 bits per heavy atom. The van der Waals surface area contributed by atoms with E-state index >= 15 is 0 Å². The number of nitrogens with zero attached hydrogens (tertiary/aromatic N) is 5. The van der Waals surface area contributed by atoms with Gasteiger partial charge in [-0.15, -0.1) is 0 Å². The van der Waals surface area contributed by atoms with Crippen molar-refractivity contribution >= 4 is 16.7 Å². The molecule has 0 saturated carbocycles. The van der Waals surface area contributed by atoms with Crippen LogP contribution in [0.5, 0.6) is 0 Å². The maximum absolute atomic E-state index is 13.8. The van der Waals surface area contributed by atoms with Crippen LogP contribution in [0.2, 0.25) is 0 Å². The van der Waals surface area contributed by atoms with Crippen molar-refractivity contribution in [2.45, 2.75) is 33.0 Å². The Bertz CT molecular complexity index is 1210. The Kier molecular flexibility index (Phi) is 5.84. The highest BCUT2D eigenvalue weighted by molar-refractivity contribution is 6.04. The molecule has 156 valence electrons. The van der Waals surface area contributed by atoms with Crippen molar-refractivity contribution in [3.05, 3.63) is 100 Å². The molecule has 1 aromatic carbocycles. The van der Waals surface area contributed by atoms with E-state index in [1.807, 2.05) is 44.2 Å². The van der Waals surface area contributed by atoms with Gasteiger partial charge in [0.1, 0.15) is 0 Å². The van der Waals surface area contributed by atoms with Gasteiger partial charge in [-0.1, -0.05) is 24.3 Å². The zero-order valence-corrected chi connectivity index (χ0v) is 17.5. The fraction of sp³-hybridized carbons (Fsp3) is 0.208. The second-order valence-electron chi connectivity index (χ2n) is 7.62. The third-order valence-electron chi connectivity index (χ3n) is 5.03. The Morgan fingerprint density at radius 1 is 0.903 bits per heavy atom. The quantitative estimate of drug-likeness (QED) is 0.482. The minimum Gasteiger partial charge on any atom is -0.329 e. The molecule has 0 saturated heterocycles. The molecule has 0 atom stereocenters. The van der Waals surface area contributed by atoms with E-state index in [2.05, 4.69) is 15.1 Å². The first-order valence-corrected chi connectivity index (χ1v) is 10.1. The van der Waals surface area contributed by atoms with Crippen LogP contribution in [0.3, 0.4) is 0 Å². The summed E-state index contributed by atoms with van der Waals surface area (Å²) in [5, 5.41) is 5.53. The van der Waals surface area contributed by atoms with E-state index in [1.54, 1.807) is 47.9 Å². The molecule has 4 aromatic rings. The maximum Gasteiger partial charge on any atom is 0.275 e. The number of fused-ring (bicyclic) bond motifs is 1. The van der Waals surface area contributed by atoms with Crippen LogP contribution in [0.1, 0.15) is 41.5 Å². The number of aromatic nitrogens is 4. The van der Waals surface area contributed by atoms with E-state index in [-0.39, 0.29) is 23.2 Å². The molecule has 7 nitrogen and oxygen atoms in total. The average molecular weight is 413 g/mol. The lowest BCUT2D eigenvalue weighted by atomic mass is 10.1. The molecule has 1 amide bonds. The van der Waals surface area contributed by atoms with Gasteiger partial charge in [-0.3, -0.25) is 19.6 Å². The summed E-state index contributed by atoms with van der Waals surface area (Å²) in [6.45, 7) is 4.50. The van der Waals surface area contributed by atoms with Crippen molar-refractivity contribution < 1.29 is 4.79 Å². The Morgan fingerprint density at radius 2 is 1.61 bits per heavy atom. The van der Waals surface area contributed by atoms with E-state index in [0.29, 0.717) is 23.9 Å². The van der Waals surface area contributed by atoms with Gasteiger partial charge in [0.05, 0.1) is 11.4 Å². The van der Waals surface area contributed by atoms with E-state index in [4.69, 9.17) is 0 Å². The number of amides is 1. The largest absolute Gasteiger partial charge is 0.329 e. The molecule has 0 bridgehead atoms. The number of rotatable bonds is 6. The number of hydrogen-bond donors (Lipinski definition) is 0. The number of benzene rings is 1. The molecule has 0 fully saturated rings. The number of hydrogen-bond acceptors (Lipinski definition) is 5. The highest BCUT2D eigenvalue weighted by Gasteiger charge is 2.23. The van der Waals surface area contributed by atoms with Gasteiger partial charge in [0, 0.05) is 43.3 Å². The smallest absolute Gasteiger partial charge is 0.275 e. The highest BCUT2D eigenvalue weighted by Crippen LogP contribution is 2.19. The van der Waals surface area contributed by atoms with Crippen LogP contribution in [-0.2, 0) is 13.1 Å². The second kappa shape index (κ2) is 8.87. The molecule has 0 radical (unpaired) electrons. The topological polar surface area (TPSA) is 81.0 Å².